The molecule has 0 unspecified atom stereocenters. The van der Waals surface area contributed by atoms with E-state index in [-0.39, 0.29) is 12.5 Å². The highest BCUT2D eigenvalue weighted by Gasteiger charge is 2.15. The van der Waals surface area contributed by atoms with Gasteiger partial charge in [-0.05, 0) is 25.5 Å². The maximum Gasteiger partial charge on any atom is 0.260 e. The maximum absolute atomic E-state index is 11.8. The Kier molecular flexibility index (Phi) is 7.87. The SMILES string of the molecule is C[C@@H](Oc1ccccc1C#N)C(=O)NCCCOCCO. The first kappa shape index (κ1) is 17.0. The first-order valence-electron chi connectivity index (χ1n) is 6.81. The minimum absolute atomic E-state index is 0.00443. The first-order valence-corrected chi connectivity index (χ1v) is 6.81. The van der Waals surface area contributed by atoms with Gasteiger partial charge in [0.25, 0.3) is 5.91 Å². The summed E-state index contributed by atoms with van der Waals surface area (Å²) in [6.07, 6.45) is -0.0226. The van der Waals surface area contributed by atoms with Gasteiger partial charge in [0, 0.05) is 13.2 Å². The van der Waals surface area contributed by atoms with Crippen LogP contribution in [0, 0.1) is 11.3 Å². The molecule has 6 heteroatoms. The van der Waals surface area contributed by atoms with Gasteiger partial charge in [0.2, 0.25) is 0 Å². The lowest BCUT2D eigenvalue weighted by molar-refractivity contribution is -0.127. The third-order valence-electron chi connectivity index (χ3n) is 2.68. The molecule has 0 aliphatic carbocycles. The summed E-state index contributed by atoms with van der Waals surface area (Å²) in [5, 5.41) is 20.2. The molecule has 0 saturated carbocycles. The van der Waals surface area contributed by atoms with Crippen LogP contribution in [0.3, 0.4) is 0 Å². The van der Waals surface area contributed by atoms with Crippen LogP contribution in [0.25, 0.3) is 0 Å². The van der Waals surface area contributed by atoms with Crippen LogP contribution in [0.5, 0.6) is 5.75 Å². The number of rotatable bonds is 9. The second kappa shape index (κ2) is 9.75. The molecular formula is C15H20N2O4. The summed E-state index contributed by atoms with van der Waals surface area (Å²) in [6.45, 7) is 2.88. The van der Waals surface area contributed by atoms with Crippen LogP contribution in [-0.2, 0) is 9.53 Å². The predicted molar refractivity (Wildman–Crippen MR) is 76.8 cm³/mol. The highest BCUT2D eigenvalue weighted by molar-refractivity contribution is 5.80. The number of nitriles is 1. The summed E-state index contributed by atoms with van der Waals surface area (Å²) in [5.74, 6) is 0.152. The molecule has 21 heavy (non-hydrogen) atoms. The zero-order chi connectivity index (χ0) is 15.5. The van der Waals surface area contributed by atoms with E-state index < -0.39 is 6.10 Å². The molecule has 1 aromatic rings. The Hall–Kier alpha value is -2.10. The fraction of sp³-hybridized carbons (Fsp3) is 0.467. The van der Waals surface area contributed by atoms with Crippen molar-refractivity contribution in [1.82, 2.24) is 5.32 Å². The molecule has 1 aromatic carbocycles. The minimum atomic E-state index is -0.683. The quantitative estimate of drug-likeness (QED) is 0.658. The number of hydrogen-bond acceptors (Lipinski definition) is 5. The fourth-order valence-corrected chi connectivity index (χ4v) is 1.60. The standard InChI is InChI=1S/C15H20N2O4/c1-12(15(19)17-7-4-9-20-10-8-18)21-14-6-3-2-5-13(14)11-16/h2-3,5-6,12,18H,4,7-10H2,1H3,(H,17,19)/t12-/m1/s1. The van der Waals surface area contributed by atoms with Crippen molar-refractivity contribution in [2.24, 2.45) is 0 Å². The molecule has 0 bridgehead atoms. The predicted octanol–water partition coefficient (Wildman–Crippen LogP) is 0.841. The van der Waals surface area contributed by atoms with Gasteiger partial charge >= 0.3 is 0 Å². The van der Waals surface area contributed by atoms with Crippen LogP contribution in [0.4, 0.5) is 0 Å². The average molecular weight is 292 g/mol. The summed E-state index contributed by atoms with van der Waals surface area (Å²) in [5.41, 5.74) is 0.398. The van der Waals surface area contributed by atoms with E-state index in [1.54, 1.807) is 31.2 Å². The molecule has 0 saturated heterocycles. The molecule has 0 fully saturated rings. The molecule has 114 valence electrons. The highest BCUT2D eigenvalue weighted by atomic mass is 16.5. The van der Waals surface area contributed by atoms with Gasteiger partial charge in [-0.3, -0.25) is 4.79 Å². The van der Waals surface area contributed by atoms with Gasteiger partial charge < -0.3 is 19.9 Å². The summed E-state index contributed by atoms with van der Waals surface area (Å²) in [4.78, 5) is 11.8. The van der Waals surface area contributed by atoms with E-state index in [2.05, 4.69) is 5.32 Å². The summed E-state index contributed by atoms with van der Waals surface area (Å²) < 4.78 is 10.6. The number of aliphatic hydroxyl groups is 1. The number of nitrogens with zero attached hydrogens (tertiary/aromatic N) is 1. The molecule has 0 aliphatic heterocycles. The highest BCUT2D eigenvalue weighted by Crippen LogP contribution is 2.17. The van der Waals surface area contributed by atoms with Crippen molar-refractivity contribution in [2.45, 2.75) is 19.4 Å². The van der Waals surface area contributed by atoms with Crippen molar-refractivity contribution in [3.05, 3.63) is 29.8 Å². The minimum Gasteiger partial charge on any atom is -0.480 e. The fourth-order valence-electron chi connectivity index (χ4n) is 1.60. The van der Waals surface area contributed by atoms with Crippen LogP contribution in [0.15, 0.2) is 24.3 Å². The van der Waals surface area contributed by atoms with Crippen molar-refractivity contribution >= 4 is 5.91 Å². The number of ether oxygens (including phenoxy) is 2. The lowest BCUT2D eigenvalue weighted by Crippen LogP contribution is -2.37. The van der Waals surface area contributed by atoms with Gasteiger partial charge in [-0.15, -0.1) is 0 Å². The molecule has 0 radical (unpaired) electrons. The Labute approximate surface area is 124 Å². The average Bonchev–Trinajstić information content (AvgIpc) is 2.51. The first-order chi connectivity index (χ1) is 10.2. The van der Waals surface area contributed by atoms with Crippen molar-refractivity contribution in [1.29, 1.82) is 5.26 Å². The molecule has 2 N–H and O–H groups in total. The van der Waals surface area contributed by atoms with E-state index in [9.17, 15) is 4.79 Å². The van der Waals surface area contributed by atoms with Gasteiger partial charge in [0.15, 0.2) is 6.10 Å². The van der Waals surface area contributed by atoms with Gasteiger partial charge in [-0.2, -0.15) is 5.26 Å². The van der Waals surface area contributed by atoms with Gasteiger partial charge in [-0.25, -0.2) is 0 Å². The molecule has 0 heterocycles. The summed E-state index contributed by atoms with van der Waals surface area (Å²) in [7, 11) is 0. The zero-order valence-corrected chi connectivity index (χ0v) is 12.0. The molecule has 0 spiro atoms. The van der Waals surface area contributed by atoms with Crippen LogP contribution in [-0.4, -0.2) is 43.5 Å². The molecular weight excluding hydrogens is 272 g/mol. The molecule has 1 rings (SSSR count). The Morgan fingerprint density at radius 1 is 1.43 bits per heavy atom. The maximum atomic E-state index is 11.8. The zero-order valence-electron chi connectivity index (χ0n) is 12.0. The van der Waals surface area contributed by atoms with Crippen molar-refractivity contribution in [2.75, 3.05) is 26.4 Å². The van der Waals surface area contributed by atoms with Crippen molar-refractivity contribution in [3.63, 3.8) is 0 Å². The van der Waals surface area contributed by atoms with Crippen LogP contribution < -0.4 is 10.1 Å². The second-order valence-electron chi connectivity index (χ2n) is 4.35. The number of aliphatic hydroxyl groups excluding tert-OH is 1. The van der Waals surface area contributed by atoms with Gasteiger partial charge in [0.05, 0.1) is 18.8 Å². The summed E-state index contributed by atoms with van der Waals surface area (Å²) >= 11 is 0. The smallest absolute Gasteiger partial charge is 0.260 e. The number of benzene rings is 1. The van der Waals surface area contributed by atoms with Gasteiger partial charge in [-0.1, -0.05) is 12.1 Å². The van der Waals surface area contributed by atoms with Crippen LogP contribution >= 0.6 is 0 Å². The summed E-state index contributed by atoms with van der Waals surface area (Å²) in [6, 6.07) is 8.80. The number of amides is 1. The monoisotopic (exact) mass is 292 g/mol. The lowest BCUT2D eigenvalue weighted by Gasteiger charge is -2.15. The molecule has 6 nitrogen and oxygen atoms in total. The van der Waals surface area contributed by atoms with Crippen LogP contribution in [0.1, 0.15) is 18.9 Å². The number of para-hydroxylation sites is 1. The third-order valence-corrected chi connectivity index (χ3v) is 2.68. The Balaban J connectivity index is 2.33. The van der Waals surface area contributed by atoms with E-state index in [0.29, 0.717) is 37.5 Å². The number of nitrogens with one attached hydrogen (secondary N) is 1. The Morgan fingerprint density at radius 3 is 2.90 bits per heavy atom. The largest absolute Gasteiger partial charge is 0.480 e. The van der Waals surface area contributed by atoms with E-state index in [1.807, 2.05) is 6.07 Å². The normalized spacial score (nSPS) is 11.5. The molecule has 0 aromatic heterocycles. The number of carbonyl (C=O) groups excluding carboxylic acids is 1. The Morgan fingerprint density at radius 2 is 2.19 bits per heavy atom. The van der Waals surface area contributed by atoms with Gasteiger partial charge in [0.1, 0.15) is 11.8 Å². The third kappa shape index (κ3) is 6.25. The van der Waals surface area contributed by atoms with Crippen LogP contribution in [0.2, 0.25) is 0 Å². The van der Waals surface area contributed by atoms with Crippen molar-refractivity contribution in [3.8, 4) is 11.8 Å². The number of hydrogen-bond donors (Lipinski definition) is 2. The second-order valence-corrected chi connectivity index (χ2v) is 4.35. The van der Waals surface area contributed by atoms with E-state index in [0.717, 1.165) is 0 Å². The van der Waals surface area contributed by atoms with E-state index in [1.165, 1.54) is 0 Å². The van der Waals surface area contributed by atoms with E-state index >= 15 is 0 Å². The molecule has 1 atom stereocenters. The molecule has 1 amide bonds. The molecule has 0 aliphatic rings. The number of carbonyl (C=O) groups is 1. The lowest BCUT2D eigenvalue weighted by atomic mass is 10.2. The van der Waals surface area contributed by atoms with Crippen molar-refractivity contribution < 1.29 is 19.4 Å². The Bertz CT molecular complexity index is 485. The van der Waals surface area contributed by atoms with E-state index in [4.69, 9.17) is 19.8 Å². The topological polar surface area (TPSA) is 91.6 Å².